The highest BCUT2D eigenvalue weighted by Crippen LogP contribution is 2.24. The maximum atomic E-state index is 13.1. The molecule has 0 aliphatic carbocycles. The molecule has 1 aromatic heterocycles. The van der Waals surface area contributed by atoms with Gasteiger partial charge in [-0.1, -0.05) is 29.8 Å². The summed E-state index contributed by atoms with van der Waals surface area (Å²) < 4.78 is 24.3. The minimum Gasteiger partial charge on any atom is -0.439 e. The molecule has 0 amide bonds. The highest BCUT2D eigenvalue weighted by molar-refractivity contribution is 5.33. The third-order valence-electron chi connectivity index (χ3n) is 5.07. The van der Waals surface area contributed by atoms with Crippen LogP contribution in [-0.4, -0.2) is 47.7 Å². The molecule has 4 rings (SSSR count). The van der Waals surface area contributed by atoms with Gasteiger partial charge in [-0.25, -0.2) is 9.37 Å². The molecule has 30 heavy (non-hydrogen) atoms. The Labute approximate surface area is 175 Å². The topological polar surface area (TPSA) is 59.5 Å². The number of hydrogen-bond donors (Lipinski definition) is 1. The molecule has 1 N–H and O–H groups in total. The zero-order chi connectivity index (χ0) is 20.8. The molecule has 1 unspecified atom stereocenters. The van der Waals surface area contributed by atoms with Gasteiger partial charge in [0, 0.05) is 31.9 Å². The van der Waals surface area contributed by atoms with E-state index in [1.807, 2.05) is 0 Å². The zero-order valence-corrected chi connectivity index (χ0v) is 16.9. The smallest absolute Gasteiger partial charge is 0.226 e. The fraction of sp³-hybridized carbons (Fsp3) is 0.304. The normalized spacial score (nSPS) is 15.5. The van der Waals surface area contributed by atoms with Crippen LogP contribution in [0.25, 0.3) is 0 Å². The van der Waals surface area contributed by atoms with E-state index in [0.717, 1.165) is 26.3 Å². The Bertz CT molecular complexity index is 944. The van der Waals surface area contributed by atoms with E-state index in [2.05, 4.69) is 51.4 Å². The number of rotatable bonds is 7. The maximum Gasteiger partial charge on any atom is 0.226 e. The fourth-order valence-electron chi connectivity index (χ4n) is 3.43. The standard InChI is InChI=1S/C23H25FN4O2/c1-17-2-4-18(5-3-17)21(28-12-14-29-15-13-28)16-26-23-25-11-10-22(27-23)30-20-8-6-19(24)7-9-20/h2-11,21H,12-16H2,1H3,(H,25,26,27). The monoisotopic (exact) mass is 408 g/mol. The van der Waals surface area contributed by atoms with Crippen LogP contribution in [0.2, 0.25) is 0 Å². The summed E-state index contributed by atoms with van der Waals surface area (Å²) >= 11 is 0. The first-order valence-electron chi connectivity index (χ1n) is 10.1. The van der Waals surface area contributed by atoms with E-state index >= 15 is 0 Å². The van der Waals surface area contributed by atoms with Crippen LogP contribution in [0.5, 0.6) is 11.6 Å². The average Bonchev–Trinajstić information content (AvgIpc) is 2.78. The van der Waals surface area contributed by atoms with E-state index in [9.17, 15) is 4.39 Å². The summed E-state index contributed by atoms with van der Waals surface area (Å²) in [5.74, 6) is 1.10. The Hall–Kier alpha value is -3.03. The van der Waals surface area contributed by atoms with Gasteiger partial charge < -0.3 is 14.8 Å². The Morgan fingerprint density at radius 1 is 1.07 bits per heavy atom. The van der Waals surface area contributed by atoms with E-state index < -0.39 is 0 Å². The molecule has 0 spiro atoms. The van der Waals surface area contributed by atoms with Crippen molar-refractivity contribution in [1.29, 1.82) is 0 Å². The van der Waals surface area contributed by atoms with Crippen LogP contribution in [0.3, 0.4) is 0 Å². The van der Waals surface area contributed by atoms with Crippen molar-refractivity contribution >= 4 is 5.95 Å². The van der Waals surface area contributed by atoms with Crippen LogP contribution in [0.1, 0.15) is 17.2 Å². The molecule has 1 saturated heterocycles. The highest BCUT2D eigenvalue weighted by Gasteiger charge is 2.22. The molecule has 0 saturated carbocycles. The van der Waals surface area contributed by atoms with E-state index in [0.29, 0.717) is 24.1 Å². The molecular formula is C23H25FN4O2. The van der Waals surface area contributed by atoms with Gasteiger partial charge in [-0.15, -0.1) is 0 Å². The van der Waals surface area contributed by atoms with Crippen LogP contribution in [0, 0.1) is 12.7 Å². The summed E-state index contributed by atoms with van der Waals surface area (Å²) in [6, 6.07) is 16.3. The first-order valence-corrected chi connectivity index (χ1v) is 10.1. The molecule has 1 aliphatic heterocycles. The van der Waals surface area contributed by atoms with Gasteiger partial charge in [0.2, 0.25) is 11.8 Å². The number of anilines is 1. The fourth-order valence-corrected chi connectivity index (χ4v) is 3.43. The van der Waals surface area contributed by atoms with Gasteiger partial charge in [-0.3, -0.25) is 4.90 Å². The van der Waals surface area contributed by atoms with Gasteiger partial charge in [0.15, 0.2) is 0 Å². The largest absolute Gasteiger partial charge is 0.439 e. The number of aryl methyl sites for hydroxylation is 1. The molecule has 2 aromatic carbocycles. The second-order valence-electron chi connectivity index (χ2n) is 7.23. The SMILES string of the molecule is Cc1ccc(C(CNc2nccc(Oc3ccc(F)cc3)n2)N2CCOCC2)cc1. The van der Waals surface area contributed by atoms with Crippen LogP contribution in [0.15, 0.2) is 60.8 Å². The minimum atomic E-state index is -0.308. The Kier molecular flexibility index (Phi) is 6.51. The second-order valence-corrected chi connectivity index (χ2v) is 7.23. The minimum absolute atomic E-state index is 0.180. The molecule has 156 valence electrons. The molecular weight excluding hydrogens is 383 g/mol. The Morgan fingerprint density at radius 2 is 1.80 bits per heavy atom. The van der Waals surface area contributed by atoms with Crippen molar-refractivity contribution in [1.82, 2.24) is 14.9 Å². The summed E-state index contributed by atoms with van der Waals surface area (Å²) in [5, 5.41) is 3.35. The number of hydrogen-bond acceptors (Lipinski definition) is 6. The van der Waals surface area contributed by atoms with E-state index in [-0.39, 0.29) is 11.9 Å². The van der Waals surface area contributed by atoms with Gasteiger partial charge >= 0.3 is 0 Å². The Balaban J connectivity index is 1.46. The summed E-state index contributed by atoms with van der Waals surface area (Å²) in [7, 11) is 0. The number of halogens is 1. The second kappa shape index (κ2) is 9.65. The van der Waals surface area contributed by atoms with E-state index in [1.165, 1.54) is 23.3 Å². The molecule has 7 heteroatoms. The van der Waals surface area contributed by atoms with Gasteiger partial charge in [0.05, 0.1) is 19.3 Å². The number of benzene rings is 2. The van der Waals surface area contributed by atoms with E-state index in [1.54, 1.807) is 24.4 Å². The van der Waals surface area contributed by atoms with E-state index in [4.69, 9.17) is 9.47 Å². The van der Waals surface area contributed by atoms with Crippen molar-refractivity contribution in [2.24, 2.45) is 0 Å². The lowest BCUT2D eigenvalue weighted by atomic mass is 10.0. The maximum absolute atomic E-state index is 13.1. The van der Waals surface area contributed by atoms with Crippen LogP contribution in [0.4, 0.5) is 10.3 Å². The molecule has 2 heterocycles. The number of nitrogens with one attached hydrogen (secondary N) is 1. The summed E-state index contributed by atoms with van der Waals surface area (Å²) in [6.07, 6.45) is 1.64. The van der Waals surface area contributed by atoms with Crippen LogP contribution < -0.4 is 10.1 Å². The molecule has 1 aliphatic rings. The molecule has 3 aromatic rings. The van der Waals surface area contributed by atoms with Crippen molar-refractivity contribution in [3.63, 3.8) is 0 Å². The number of nitrogens with zero attached hydrogens (tertiary/aromatic N) is 3. The molecule has 0 bridgehead atoms. The van der Waals surface area contributed by atoms with Gasteiger partial charge in [-0.05, 0) is 36.8 Å². The number of morpholine rings is 1. The highest BCUT2D eigenvalue weighted by atomic mass is 19.1. The third kappa shape index (κ3) is 5.31. The quantitative estimate of drug-likeness (QED) is 0.632. The van der Waals surface area contributed by atoms with Gasteiger partial charge in [-0.2, -0.15) is 4.98 Å². The lowest BCUT2D eigenvalue weighted by molar-refractivity contribution is 0.0187. The molecule has 0 radical (unpaired) electrons. The first-order chi connectivity index (χ1) is 14.7. The summed E-state index contributed by atoms with van der Waals surface area (Å²) in [5.41, 5.74) is 2.48. The summed E-state index contributed by atoms with van der Waals surface area (Å²) in [4.78, 5) is 11.2. The van der Waals surface area contributed by atoms with Gasteiger partial charge in [0.25, 0.3) is 0 Å². The molecule has 6 nitrogen and oxygen atoms in total. The molecule has 1 atom stereocenters. The lowest BCUT2D eigenvalue weighted by Crippen LogP contribution is -2.41. The Morgan fingerprint density at radius 3 is 2.53 bits per heavy atom. The molecule has 1 fully saturated rings. The predicted octanol–water partition coefficient (Wildman–Crippen LogP) is 4.20. The van der Waals surface area contributed by atoms with Crippen LogP contribution >= 0.6 is 0 Å². The van der Waals surface area contributed by atoms with Crippen molar-refractivity contribution in [3.8, 4) is 11.6 Å². The van der Waals surface area contributed by atoms with Crippen molar-refractivity contribution in [3.05, 3.63) is 77.7 Å². The summed E-state index contributed by atoms with van der Waals surface area (Å²) in [6.45, 7) is 5.98. The van der Waals surface area contributed by atoms with Crippen molar-refractivity contribution in [2.45, 2.75) is 13.0 Å². The van der Waals surface area contributed by atoms with Crippen LogP contribution in [-0.2, 0) is 4.74 Å². The number of ether oxygens (including phenoxy) is 2. The first kappa shape index (κ1) is 20.3. The number of aromatic nitrogens is 2. The van der Waals surface area contributed by atoms with Crippen molar-refractivity contribution < 1.29 is 13.9 Å². The third-order valence-corrected chi connectivity index (χ3v) is 5.07. The lowest BCUT2D eigenvalue weighted by Gasteiger charge is -2.35. The van der Waals surface area contributed by atoms with Gasteiger partial charge in [0.1, 0.15) is 11.6 Å². The predicted molar refractivity (Wildman–Crippen MR) is 113 cm³/mol. The zero-order valence-electron chi connectivity index (χ0n) is 16.9. The average molecular weight is 408 g/mol. The van der Waals surface area contributed by atoms with Crippen molar-refractivity contribution in [2.75, 3.05) is 38.2 Å².